The maximum atomic E-state index is 12.5. The summed E-state index contributed by atoms with van der Waals surface area (Å²) in [6, 6.07) is 15.2. The van der Waals surface area contributed by atoms with E-state index in [4.69, 9.17) is 5.11 Å². The topological polar surface area (TPSA) is 81.7 Å². The van der Waals surface area contributed by atoms with E-state index in [1.54, 1.807) is 0 Å². The normalized spacial score (nSPS) is 13.8. The number of hydrogen-bond acceptors (Lipinski definition) is 3. The van der Waals surface area contributed by atoms with Crippen LogP contribution < -0.4 is 15.5 Å². The summed E-state index contributed by atoms with van der Waals surface area (Å²) >= 11 is 0. The first-order valence-electron chi connectivity index (χ1n) is 9.55. The Hall–Kier alpha value is -2.86. The van der Waals surface area contributed by atoms with Gasteiger partial charge in [0.25, 0.3) is 0 Å². The van der Waals surface area contributed by atoms with Gasteiger partial charge in [-0.2, -0.15) is 0 Å². The van der Waals surface area contributed by atoms with Crippen molar-refractivity contribution < 1.29 is 14.7 Å². The summed E-state index contributed by atoms with van der Waals surface area (Å²) in [4.78, 5) is 26.5. The highest BCUT2D eigenvalue weighted by Crippen LogP contribution is 2.31. The van der Waals surface area contributed by atoms with Crippen LogP contribution in [0.4, 0.5) is 16.2 Å². The second-order valence-electron chi connectivity index (χ2n) is 7.75. The third-order valence-corrected chi connectivity index (χ3v) is 4.91. The van der Waals surface area contributed by atoms with Gasteiger partial charge >= 0.3 is 6.03 Å². The molecule has 0 fully saturated rings. The molecule has 2 aromatic rings. The molecule has 1 aliphatic rings. The molecule has 2 aromatic carbocycles. The molecule has 0 unspecified atom stereocenters. The third kappa shape index (κ3) is 4.89. The maximum absolute atomic E-state index is 12.5. The number of urea groups is 1. The average Bonchev–Trinajstić information content (AvgIpc) is 2.64. The minimum absolute atomic E-state index is 0.0113. The van der Waals surface area contributed by atoms with Crippen molar-refractivity contribution in [2.45, 2.75) is 45.2 Å². The van der Waals surface area contributed by atoms with Crippen molar-refractivity contribution in [2.75, 3.05) is 16.8 Å². The second kappa shape index (κ2) is 8.44. The van der Waals surface area contributed by atoms with E-state index in [2.05, 4.69) is 10.6 Å². The summed E-state index contributed by atoms with van der Waals surface area (Å²) in [6.45, 7) is 4.28. The number of nitrogens with one attached hydrogen (secondary N) is 2. The maximum Gasteiger partial charge on any atom is 0.319 e. The van der Waals surface area contributed by atoms with E-state index in [0.717, 1.165) is 16.8 Å². The number of fused-ring (bicyclic) bond motifs is 1. The van der Waals surface area contributed by atoms with Crippen molar-refractivity contribution in [3.05, 3.63) is 59.7 Å². The van der Waals surface area contributed by atoms with Gasteiger partial charge in [-0.15, -0.1) is 0 Å². The zero-order chi connectivity index (χ0) is 20.1. The zero-order valence-electron chi connectivity index (χ0n) is 16.4. The van der Waals surface area contributed by atoms with Crippen LogP contribution in [0.3, 0.4) is 0 Å². The van der Waals surface area contributed by atoms with Gasteiger partial charge in [0.1, 0.15) is 0 Å². The molecule has 0 saturated carbocycles. The second-order valence-corrected chi connectivity index (χ2v) is 7.75. The lowest BCUT2D eigenvalue weighted by Crippen LogP contribution is -2.46. The monoisotopic (exact) mass is 381 g/mol. The van der Waals surface area contributed by atoms with Crippen LogP contribution in [-0.2, 0) is 17.8 Å². The molecule has 0 spiro atoms. The number of aliphatic hydroxyl groups excluding tert-OH is 1. The first-order chi connectivity index (χ1) is 13.4. The molecular weight excluding hydrogens is 354 g/mol. The molecule has 3 amide bonds. The van der Waals surface area contributed by atoms with Gasteiger partial charge < -0.3 is 20.6 Å². The Morgan fingerprint density at radius 1 is 1.14 bits per heavy atom. The molecule has 1 aliphatic heterocycles. The van der Waals surface area contributed by atoms with Crippen molar-refractivity contribution in [3.63, 3.8) is 0 Å². The van der Waals surface area contributed by atoms with Crippen molar-refractivity contribution >= 4 is 23.3 Å². The Morgan fingerprint density at radius 3 is 2.61 bits per heavy atom. The van der Waals surface area contributed by atoms with Gasteiger partial charge in [-0.1, -0.05) is 30.3 Å². The van der Waals surface area contributed by atoms with Crippen LogP contribution in [0.25, 0.3) is 0 Å². The Kier molecular flexibility index (Phi) is 5.99. The number of aliphatic hydroxyl groups is 1. The predicted octanol–water partition coefficient (Wildman–Crippen LogP) is 3.45. The molecule has 0 atom stereocenters. The van der Waals surface area contributed by atoms with E-state index in [-0.39, 0.29) is 18.5 Å². The molecular formula is C22H27N3O3. The number of nitrogens with zero attached hydrogens (tertiary/aromatic N) is 1. The van der Waals surface area contributed by atoms with Gasteiger partial charge in [-0.3, -0.25) is 4.79 Å². The van der Waals surface area contributed by atoms with Crippen LogP contribution in [0.2, 0.25) is 0 Å². The standard InChI is InChI=1S/C22H27N3O3/c1-22(2,12-13-26)24-21(28)23-18-9-10-19-17(14-18)8-11-20(27)25(19)15-16-6-4-3-5-7-16/h3-7,9-10,14,26H,8,11-13,15H2,1-2H3,(H2,23,24,28). The number of aryl methyl sites for hydroxylation is 1. The molecule has 0 bridgehead atoms. The van der Waals surface area contributed by atoms with Crippen LogP contribution >= 0.6 is 0 Å². The van der Waals surface area contributed by atoms with Gasteiger partial charge in [0.05, 0.1) is 6.54 Å². The average molecular weight is 381 g/mol. The van der Waals surface area contributed by atoms with Gasteiger partial charge in [0.2, 0.25) is 5.91 Å². The number of carbonyl (C=O) groups excluding carboxylic acids is 2. The number of amides is 3. The molecule has 148 valence electrons. The van der Waals surface area contributed by atoms with Crippen LogP contribution in [0, 0.1) is 0 Å². The van der Waals surface area contributed by atoms with E-state index < -0.39 is 5.54 Å². The van der Waals surface area contributed by atoms with Gasteiger partial charge in [0.15, 0.2) is 0 Å². The fourth-order valence-corrected chi connectivity index (χ4v) is 3.39. The lowest BCUT2D eigenvalue weighted by molar-refractivity contribution is -0.119. The predicted molar refractivity (Wildman–Crippen MR) is 110 cm³/mol. The molecule has 0 saturated heterocycles. The summed E-state index contributed by atoms with van der Waals surface area (Å²) < 4.78 is 0. The molecule has 28 heavy (non-hydrogen) atoms. The fraction of sp³-hybridized carbons (Fsp3) is 0.364. The lowest BCUT2D eigenvalue weighted by atomic mass is 9.99. The minimum Gasteiger partial charge on any atom is -0.396 e. The van der Waals surface area contributed by atoms with Gasteiger partial charge in [-0.05, 0) is 56.0 Å². The Morgan fingerprint density at radius 2 is 1.89 bits per heavy atom. The Labute approximate surface area is 165 Å². The SMILES string of the molecule is CC(C)(CCO)NC(=O)Nc1ccc2c(c1)CCC(=O)N2Cc1ccccc1. The summed E-state index contributed by atoms with van der Waals surface area (Å²) in [5, 5.41) is 14.8. The molecule has 0 aliphatic carbocycles. The Bertz CT molecular complexity index is 849. The smallest absolute Gasteiger partial charge is 0.319 e. The molecule has 3 N–H and O–H groups in total. The van der Waals surface area contributed by atoms with E-state index >= 15 is 0 Å². The van der Waals surface area contributed by atoms with Crippen LogP contribution in [0.5, 0.6) is 0 Å². The van der Waals surface area contributed by atoms with Gasteiger partial charge in [0, 0.05) is 29.9 Å². The third-order valence-electron chi connectivity index (χ3n) is 4.91. The summed E-state index contributed by atoms with van der Waals surface area (Å²) in [5.74, 6) is 0.112. The molecule has 0 radical (unpaired) electrons. The van der Waals surface area contributed by atoms with E-state index in [1.807, 2.05) is 67.3 Å². The molecule has 6 heteroatoms. The molecule has 3 rings (SSSR count). The van der Waals surface area contributed by atoms with E-state index in [1.165, 1.54) is 0 Å². The van der Waals surface area contributed by atoms with Crippen molar-refractivity contribution in [1.82, 2.24) is 5.32 Å². The summed E-state index contributed by atoms with van der Waals surface area (Å²) in [5.41, 5.74) is 3.21. The van der Waals surface area contributed by atoms with E-state index in [0.29, 0.717) is 31.5 Å². The van der Waals surface area contributed by atoms with Crippen LogP contribution in [-0.4, -0.2) is 29.2 Å². The number of hydrogen-bond donors (Lipinski definition) is 3. The fourth-order valence-electron chi connectivity index (χ4n) is 3.39. The quantitative estimate of drug-likeness (QED) is 0.717. The lowest BCUT2D eigenvalue weighted by Gasteiger charge is -2.30. The molecule has 6 nitrogen and oxygen atoms in total. The highest BCUT2D eigenvalue weighted by Gasteiger charge is 2.25. The van der Waals surface area contributed by atoms with Gasteiger partial charge in [-0.25, -0.2) is 4.79 Å². The summed E-state index contributed by atoms with van der Waals surface area (Å²) in [6.07, 6.45) is 1.59. The van der Waals surface area contributed by atoms with Crippen molar-refractivity contribution in [1.29, 1.82) is 0 Å². The van der Waals surface area contributed by atoms with E-state index in [9.17, 15) is 9.59 Å². The molecule has 0 aromatic heterocycles. The first kappa shape index (κ1) is 19.9. The Balaban J connectivity index is 1.73. The van der Waals surface area contributed by atoms with Crippen LogP contribution in [0.15, 0.2) is 48.5 Å². The largest absolute Gasteiger partial charge is 0.396 e. The minimum atomic E-state index is -0.494. The number of carbonyl (C=O) groups is 2. The number of benzene rings is 2. The van der Waals surface area contributed by atoms with Crippen molar-refractivity contribution in [3.8, 4) is 0 Å². The number of anilines is 2. The summed E-state index contributed by atoms with van der Waals surface area (Å²) in [7, 11) is 0. The zero-order valence-corrected chi connectivity index (χ0v) is 16.4. The van der Waals surface area contributed by atoms with Crippen molar-refractivity contribution in [2.24, 2.45) is 0 Å². The first-order valence-corrected chi connectivity index (χ1v) is 9.55. The van der Waals surface area contributed by atoms with Crippen LogP contribution in [0.1, 0.15) is 37.8 Å². The number of rotatable bonds is 6. The highest BCUT2D eigenvalue weighted by molar-refractivity contribution is 5.97. The highest BCUT2D eigenvalue weighted by atomic mass is 16.3. The molecule has 1 heterocycles.